The van der Waals surface area contributed by atoms with E-state index >= 15 is 0 Å². The number of piperidine rings is 1. The monoisotopic (exact) mass is 199 g/mol. The lowest BCUT2D eigenvalue weighted by Crippen LogP contribution is -2.46. The molecule has 3 heteroatoms. The van der Waals surface area contributed by atoms with Crippen LogP contribution < -0.4 is 0 Å². The number of hydrogen-bond acceptors (Lipinski definition) is 2. The summed E-state index contributed by atoms with van der Waals surface area (Å²) in [6, 6.07) is 0.563. The van der Waals surface area contributed by atoms with Crippen molar-refractivity contribution in [2.24, 2.45) is 5.92 Å². The molecule has 1 heterocycles. The van der Waals surface area contributed by atoms with Crippen molar-refractivity contribution in [3.63, 3.8) is 0 Å². The van der Waals surface area contributed by atoms with Gasteiger partial charge in [0, 0.05) is 12.6 Å². The van der Waals surface area contributed by atoms with Crippen LogP contribution >= 0.6 is 12.6 Å². The SMILES string of the molecule is O=C(CS)N1CCCC2CCCC21. The molecule has 2 atom stereocenters. The van der Waals surface area contributed by atoms with E-state index in [-0.39, 0.29) is 5.91 Å². The highest BCUT2D eigenvalue weighted by Crippen LogP contribution is 2.36. The Bertz CT molecular complexity index is 207. The maximum atomic E-state index is 11.6. The molecule has 74 valence electrons. The van der Waals surface area contributed by atoms with Crippen molar-refractivity contribution < 1.29 is 4.79 Å². The summed E-state index contributed by atoms with van der Waals surface area (Å²) in [6.07, 6.45) is 6.40. The van der Waals surface area contributed by atoms with Crippen LogP contribution in [-0.2, 0) is 4.79 Å². The molecule has 13 heavy (non-hydrogen) atoms. The molecule has 0 aromatic rings. The number of carbonyl (C=O) groups excluding carboxylic acids is 1. The number of fused-ring (bicyclic) bond motifs is 1. The highest BCUT2D eigenvalue weighted by atomic mass is 32.1. The van der Waals surface area contributed by atoms with Gasteiger partial charge in [0.05, 0.1) is 5.75 Å². The lowest BCUT2D eigenvalue weighted by Gasteiger charge is -2.37. The smallest absolute Gasteiger partial charge is 0.232 e. The second kappa shape index (κ2) is 3.91. The van der Waals surface area contributed by atoms with Gasteiger partial charge < -0.3 is 4.90 Å². The molecule has 0 spiro atoms. The van der Waals surface area contributed by atoms with Gasteiger partial charge in [-0.3, -0.25) is 4.79 Å². The number of thiol groups is 1. The Morgan fingerprint density at radius 2 is 2.08 bits per heavy atom. The van der Waals surface area contributed by atoms with Gasteiger partial charge in [0.1, 0.15) is 0 Å². The van der Waals surface area contributed by atoms with E-state index < -0.39 is 0 Å². The molecule has 2 unspecified atom stereocenters. The topological polar surface area (TPSA) is 20.3 Å². The van der Waals surface area contributed by atoms with Crippen LogP contribution in [0.5, 0.6) is 0 Å². The zero-order valence-corrected chi connectivity index (χ0v) is 8.80. The number of rotatable bonds is 1. The zero-order valence-electron chi connectivity index (χ0n) is 7.91. The van der Waals surface area contributed by atoms with Gasteiger partial charge in [-0.05, 0) is 31.6 Å². The van der Waals surface area contributed by atoms with Gasteiger partial charge in [-0.25, -0.2) is 0 Å². The summed E-state index contributed by atoms with van der Waals surface area (Å²) in [6.45, 7) is 0.973. The first-order valence-electron chi connectivity index (χ1n) is 5.23. The predicted molar refractivity (Wildman–Crippen MR) is 55.9 cm³/mol. The van der Waals surface area contributed by atoms with Crippen LogP contribution in [0.4, 0.5) is 0 Å². The predicted octanol–water partition coefficient (Wildman–Crippen LogP) is 1.71. The first-order chi connectivity index (χ1) is 6.33. The number of carbonyl (C=O) groups is 1. The van der Waals surface area contributed by atoms with Crippen molar-refractivity contribution in [2.45, 2.75) is 38.1 Å². The van der Waals surface area contributed by atoms with Gasteiger partial charge >= 0.3 is 0 Å². The number of nitrogens with zero attached hydrogens (tertiary/aromatic N) is 1. The Morgan fingerprint density at radius 3 is 2.85 bits per heavy atom. The van der Waals surface area contributed by atoms with E-state index in [9.17, 15) is 4.79 Å². The van der Waals surface area contributed by atoms with Gasteiger partial charge in [0.25, 0.3) is 0 Å². The Labute approximate surface area is 85.1 Å². The largest absolute Gasteiger partial charge is 0.339 e. The third-order valence-electron chi connectivity index (χ3n) is 3.45. The number of hydrogen-bond donors (Lipinski definition) is 1. The van der Waals surface area contributed by atoms with E-state index in [1.54, 1.807) is 0 Å². The lowest BCUT2D eigenvalue weighted by atomic mass is 9.92. The Hall–Kier alpha value is -0.180. The molecule has 2 rings (SSSR count). The van der Waals surface area contributed by atoms with Crippen LogP contribution in [0, 0.1) is 5.92 Å². The molecule has 2 fully saturated rings. The highest BCUT2D eigenvalue weighted by molar-refractivity contribution is 7.81. The van der Waals surface area contributed by atoms with Crippen LogP contribution in [-0.4, -0.2) is 29.1 Å². The lowest BCUT2D eigenvalue weighted by molar-refractivity contribution is -0.132. The zero-order chi connectivity index (χ0) is 9.26. The molecule has 1 aliphatic heterocycles. The molecule has 0 aromatic carbocycles. The van der Waals surface area contributed by atoms with E-state index in [0.717, 1.165) is 12.5 Å². The molecular weight excluding hydrogens is 182 g/mol. The number of likely N-dealkylation sites (tertiary alicyclic amines) is 1. The van der Waals surface area contributed by atoms with Crippen molar-refractivity contribution >= 4 is 18.5 Å². The van der Waals surface area contributed by atoms with Crippen LogP contribution in [0.15, 0.2) is 0 Å². The van der Waals surface area contributed by atoms with Gasteiger partial charge in [-0.1, -0.05) is 6.42 Å². The van der Waals surface area contributed by atoms with Gasteiger partial charge in [-0.2, -0.15) is 12.6 Å². The fourth-order valence-corrected chi connectivity index (χ4v) is 3.04. The summed E-state index contributed by atoms with van der Waals surface area (Å²) in [5.74, 6) is 1.42. The molecule has 2 nitrogen and oxygen atoms in total. The van der Waals surface area contributed by atoms with E-state index in [1.165, 1.54) is 32.1 Å². The van der Waals surface area contributed by atoms with E-state index in [1.807, 2.05) is 0 Å². The fraction of sp³-hybridized carbons (Fsp3) is 0.900. The minimum atomic E-state index is 0.236. The average molecular weight is 199 g/mol. The van der Waals surface area contributed by atoms with Gasteiger partial charge in [0.15, 0.2) is 0 Å². The summed E-state index contributed by atoms with van der Waals surface area (Å²) in [4.78, 5) is 13.6. The Balaban J connectivity index is 2.05. The maximum Gasteiger partial charge on any atom is 0.232 e. The minimum Gasteiger partial charge on any atom is -0.339 e. The molecule has 0 N–H and O–H groups in total. The summed E-state index contributed by atoms with van der Waals surface area (Å²) in [5, 5.41) is 0. The third-order valence-corrected chi connectivity index (χ3v) is 3.72. The second-order valence-electron chi connectivity index (χ2n) is 4.15. The summed E-state index contributed by atoms with van der Waals surface area (Å²) in [5.41, 5.74) is 0. The summed E-state index contributed by atoms with van der Waals surface area (Å²) in [7, 11) is 0. The molecule has 1 saturated heterocycles. The molecule has 0 bridgehead atoms. The summed E-state index contributed by atoms with van der Waals surface area (Å²) < 4.78 is 0. The van der Waals surface area contributed by atoms with E-state index in [2.05, 4.69) is 17.5 Å². The highest BCUT2D eigenvalue weighted by Gasteiger charge is 2.36. The molecule has 2 aliphatic rings. The van der Waals surface area contributed by atoms with Crippen molar-refractivity contribution in [1.82, 2.24) is 4.90 Å². The standard InChI is InChI=1S/C10H17NOS/c12-10(7-13)11-6-2-4-8-3-1-5-9(8)11/h8-9,13H,1-7H2. The van der Waals surface area contributed by atoms with Gasteiger partial charge in [-0.15, -0.1) is 0 Å². The van der Waals surface area contributed by atoms with E-state index in [4.69, 9.17) is 0 Å². The molecular formula is C10H17NOS. The van der Waals surface area contributed by atoms with Crippen molar-refractivity contribution in [1.29, 1.82) is 0 Å². The molecule has 1 aliphatic carbocycles. The van der Waals surface area contributed by atoms with Crippen molar-refractivity contribution in [2.75, 3.05) is 12.3 Å². The van der Waals surface area contributed by atoms with Gasteiger partial charge in [0.2, 0.25) is 5.91 Å². The fourth-order valence-electron chi connectivity index (χ4n) is 2.85. The van der Waals surface area contributed by atoms with Crippen molar-refractivity contribution in [3.05, 3.63) is 0 Å². The maximum absolute atomic E-state index is 11.6. The molecule has 1 saturated carbocycles. The number of amides is 1. The Kier molecular flexibility index (Phi) is 2.82. The first-order valence-corrected chi connectivity index (χ1v) is 5.86. The quantitative estimate of drug-likeness (QED) is 0.637. The summed E-state index contributed by atoms with van der Waals surface area (Å²) >= 11 is 4.06. The van der Waals surface area contributed by atoms with Crippen LogP contribution in [0.1, 0.15) is 32.1 Å². The van der Waals surface area contributed by atoms with Crippen LogP contribution in [0.3, 0.4) is 0 Å². The average Bonchev–Trinajstić information content (AvgIpc) is 2.63. The van der Waals surface area contributed by atoms with Crippen molar-refractivity contribution in [3.8, 4) is 0 Å². The van der Waals surface area contributed by atoms with Crippen LogP contribution in [0.2, 0.25) is 0 Å². The van der Waals surface area contributed by atoms with E-state index in [0.29, 0.717) is 11.8 Å². The normalized spacial score (nSPS) is 33.2. The van der Waals surface area contributed by atoms with Crippen LogP contribution in [0.25, 0.3) is 0 Å². The minimum absolute atomic E-state index is 0.236. The molecule has 0 aromatic heterocycles. The molecule has 0 radical (unpaired) electrons. The third kappa shape index (κ3) is 1.71. The second-order valence-corrected chi connectivity index (χ2v) is 4.46. The molecule has 1 amide bonds. The first kappa shape index (κ1) is 9.38. The Morgan fingerprint density at radius 1 is 1.31 bits per heavy atom.